The molecule has 0 bridgehead atoms. The van der Waals surface area contributed by atoms with E-state index in [4.69, 9.17) is 9.47 Å². The molecule has 2 N–H and O–H groups in total. The second-order valence-electron chi connectivity index (χ2n) is 5.80. The third kappa shape index (κ3) is 6.56. The first-order chi connectivity index (χ1) is 13.3. The molecule has 2 aromatic rings. The standard InChI is InChI=1S/C20H20N2O6/c1-13(23)21-17-10-16(11-18(12-17)22-14(2)24)20(26)28-9-8-27-19(25)15-6-4-3-5-7-15/h3-7,10-12H,8-9H2,1-2H3,(H,21,23)(H,22,24). The summed E-state index contributed by atoms with van der Waals surface area (Å²) in [6.07, 6.45) is 0. The van der Waals surface area contributed by atoms with E-state index in [0.717, 1.165) is 0 Å². The summed E-state index contributed by atoms with van der Waals surface area (Å²) in [5.74, 6) is -1.86. The quantitative estimate of drug-likeness (QED) is 0.561. The minimum Gasteiger partial charge on any atom is -0.458 e. The van der Waals surface area contributed by atoms with Gasteiger partial charge in [0.2, 0.25) is 11.8 Å². The van der Waals surface area contributed by atoms with Gasteiger partial charge in [-0.25, -0.2) is 9.59 Å². The molecule has 0 aromatic heterocycles. The normalized spacial score (nSPS) is 9.93. The lowest BCUT2D eigenvalue weighted by Gasteiger charge is -2.11. The lowest BCUT2D eigenvalue weighted by atomic mass is 10.1. The van der Waals surface area contributed by atoms with Crippen LogP contribution in [0.15, 0.2) is 48.5 Å². The van der Waals surface area contributed by atoms with E-state index in [9.17, 15) is 19.2 Å². The molecular formula is C20H20N2O6. The number of rotatable bonds is 7. The van der Waals surface area contributed by atoms with Gasteiger partial charge in [-0.05, 0) is 30.3 Å². The molecule has 0 fully saturated rings. The molecule has 2 rings (SSSR count). The molecule has 2 amide bonds. The summed E-state index contributed by atoms with van der Waals surface area (Å²) >= 11 is 0. The van der Waals surface area contributed by atoms with Crippen LogP contribution in [0, 0.1) is 0 Å². The number of nitrogens with one attached hydrogen (secondary N) is 2. The molecule has 28 heavy (non-hydrogen) atoms. The molecule has 2 aromatic carbocycles. The van der Waals surface area contributed by atoms with Gasteiger partial charge < -0.3 is 20.1 Å². The Labute approximate surface area is 161 Å². The number of benzene rings is 2. The second kappa shape index (κ2) is 9.86. The van der Waals surface area contributed by atoms with Crippen molar-refractivity contribution in [3.8, 4) is 0 Å². The van der Waals surface area contributed by atoms with Crippen molar-refractivity contribution in [3.63, 3.8) is 0 Å². The zero-order valence-electron chi connectivity index (χ0n) is 15.5. The third-order valence-electron chi connectivity index (χ3n) is 3.37. The second-order valence-corrected chi connectivity index (χ2v) is 5.80. The summed E-state index contributed by atoms with van der Waals surface area (Å²) in [5.41, 5.74) is 1.20. The first-order valence-electron chi connectivity index (χ1n) is 8.44. The van der Waals surface area contributed by atoms with E-state index in [1.807, 2.05) is 0 Å². The molecule has 0 aliphatic carbocycles. The van der Waals surface area contributed by atoms with E-state index >= 15 is 0 Å². The van der Waals surface area contributed by atoms with Crippen LogP contribution in [0.5, 0.6) is 0 Å². The molecule has 0 aliphatic rings. The van der Waals surface area contributed by atoms with Crippen LogP contribution in [0.1, 0.15) is 34.6 Å². The Morgan fingerprint density at radius 2 is 1.18 bits per heavy atom. The first-order valence-corrected chi connectivity index (χ1v) is 8.44. The van der Waals surface area contributed by atoms with E-state index in [-0.39, 0.29) is 30.6 Å². The van der Waals surface area contributed by atoms with Crippen molar-refractivity contribution in [1.82, 2.24) is 0 Å². The molecular weight excluding hydrogens is 364 g/mol. The Morgan fingerprint density at radius 3 is 1.64 bits per heavy atom. The highest BCUT2D eigenvalue weighted by Crippen LogP contribution is 2.20. The molecule has 0 heterocycles. The highest BCUT2D eigenvalue weighted by molar-refractivity contribution is 5.97. The van der Waals surface area contributed by atoms with Gasteiger partial charge in [0.25, 0.3) is 0 Å². The van der Waals surface area contributed by atoms with E-state index in [1.165, 1.54) is 32.0 Å². The number of carbonyl (C=O) groups excluding carboxylic acids is 4. The monoisotopic (exact) mass is 384 g/mol. The maximum absolute atomic E-state index is 12.2. The average Bonchev–Trinajstić information content (AvgIpc) is 2.64. The first kappa shape index (κ1) is 20.6. The number of amides is 2. The van der Waals surface area contributed by atoms with Gasteiger partial charge in [0.15, 0.2) is 0 Å². The van der Waals surface area contributed by atoms with E-state index in [1.54, 1.807) is 30.3 Å². The highest BCUT2D eigenvalue weighted by Gasteiger charge is 2.13. The van der Waals surface area contributed by atoms with Crippen molar-refractivity contribution < 1.29 is 28.7 Å². The van der Waals surface area contributed by atoms with Crippen LogP contribution >= 0.6 is 0 Å². The van der Waals surface area contributed by atoms with Gasteiger partial charge >= 0.3 is 11.9 Å². The lowest BCUT2D eigenvalue weighted by Crippen LogP contribution is -2.15. The fourth-order valence-corrected chi connectivity index (χ4v) is 2.31. The van der Waals surface area contributed by atoms with Gasteiger partial charge in [-0.3, -0.25) is 9.59 Å². The maximum Gasteiger partial charge on any atom is 0.338 e. The maximum atomic E-state index is 12.2. The molecule has 0 saturated carbocycles. The van der Waals surface area contributed by atoms with Gasteiger partial charge in [0, 0.05) is 25.2 Å². The minimum atomic E-state index is -0.686. The Kier molecular flexibility index (Phi) is 7.27. The number of ether oxygens (including phenoxy) is 2. The van der Waals surface area contributed by atoms with E-state index < -0.39 is 11.9 Å². The van der Waals surface area contributed by atoms with Crippen LogP contribution < -0.4 is 10.6 Å². The van der Waals surface area contributed by atoms with Gasteiger partial charge in [0.05, 0.1) is 11.1 Å². The Morgan fingerprint density at radius 1 is 0.714 bits per heavy atom. The van der Waals surface area contributed by atoms with Crippen LogP contribution in [-0.4, -0.2) is 37.0 Å². The van der Waals surface area contributed by atoms with Crippen molar-refractivity contribution in [2.75, 3.05) is 23.8 Å². The zero-order valence-corrected chi connectivity index (χ0v) is 15.5. The van der Waals surface area contributed by atoms with Crippen molar-refractivity contribution in [2.24, 2.45) is 0 Å². The smallest absolute Gasteiger partial charge is 0.338 e. The molecule has 0 unspecified atom stereocenters. The van der Waals surface area contributed by atoms with Crippen LogP contribution in [0.4, 0.5) is 11.4 Å². The van der Waals surface area contributed by atoms with Gasteiger partial charge in [0.1, 0.15) is 13.2 Å². The Balaban J connectivity index is 1.95. The largest absolute Gasteiger partial charge is 0.458 e. The fourth-order valence-electron chi connectivity index (χ4n) is 2.31. The summed E-state index contributed by atoms with van der Waals surface area (Å²) in [4.78, 5) is 46.6. The van der Waals surface area contributed by atoms with E-state index in [0.29, 0.717) is 16.9 Å². The van der Waals surface area contributed by atoms with Gasteiger partial charge in [-0.15, -0.1) is 0 Å². The molecule has 8 heteroatoms. The average molecular weight is 384 g/mol. The molecule has 0 radical (unpaired) electrons. The Hall–Kier alpha value is -3.68. The SMILES string of the molecule is CC(=O)Nc1cc(NC(C)=O)cc(C(=O)OCCOC(=O)c2ccccc2)c1. The minimum absolute atomic E-state index is 0.108. The molecule has 0 atom stereocenters. The van der Waals surface area contributed by atoms with Crippen LogP contribution in [-0.2, 0) is 19.1 Å². The lowest BCUT2D eigenvalue weighted by molar-refractivity contribution is -0.115. The summed E-state index contributed by atoms with van der Waals surface area (Å²) in [6.45, 7) is 2.40. The highest BCUT2D eigenvalue weighted by atomic mass is 16.6. The van der Waals surface area contributed by atoms with Crippen LogP contribution in [0.25, 0.3) is 0 Å². The number of carbonyl (C=O) groups is 4. The van der Waals surface area contributed by atoms with Crippen molar-refractivity contribution in [2.45, 2.75) is 13.8 Å². The van der Waals surface area contributed by atoms with Gasteiger partial charge in [-0.1, -0.05) is 18.2 Å². The molecule has 8 nitrogen and oxygen atoms in total. The number of hydrogen-bond acceptors (Lipinski definition) is 6. The van der Waals surface area contributed by atoms with Crippen molar-refractivity contribution >= 4 is 35.1 Å². The van der Waals surface area contributed by atoms with Gasteiger partial charge in [-0.2, -0.15) is 0 Å². The number of hydrogen-bond donors (Lipinski definition) is 2. The summed E-state index contributed by atoms with van der Waals surface area (Å²) < 4.78 is 10.1. The predicted molar refractivity (Wildman–Crippen MR) is 102 cm³/mol. The number of esters is 2. The van der Waals surface area contributed by atoms with Crippen molar-refractivity contribution in [1.29, 1.82) is 0 Å². The summed E-state index contributed by atoms with van der Waals surface area (Å²) in [7, 11) is 0. The Bertz CT molecular complexity index is 845. The topological polar surface area (TPSA) is 111 Å². The van der Waals surface area contributed by atoms with E-state index in [2.05, 4.69) is 10.6 Å². The molecule has 0 spiro atoms. The summed E-state index contributed by atoms with van der Waals surface area (Å²) in [6, 6.07) is 12.8. The number of anilines is 2. The molecule has 146 valence electrons. The summed E-state index contributed by atoms with van der Waals surface area (Å²) in [5, 5.41) is 5.09. The van der Waals surface area contributed by atoms with Crippen molar-refractivity contribution in [3.05, 3.63) is 59.7 Å². The predicted octanol–water partition coefficient (Wildman–Crippen LogP) is 2.62. The fraction of sp³-hybridized carbons (Fsp3) is 0.200. The zero-order chi connectivity index (χ0) is 20.5. The molecule has 0 saturated heterocycles. The molecule has 0 aliphatic heterocycles. The third-order valence-corrected chi connectivity index (χ3v) is 3.37. The van der Waals surface area contributed by atoms with Crippen LogP contribution in [0.2, 0.25) is 0 Å². The van der Waals surface area contributed by atoms with Crippen LogP contribution in [0.3, 0.4) is 0 Å².